The molecule has 3 aromatic rings. The van der Waals surface area contributed by atoms with Crippen LogP contribution in [0, 0.1) is 18.3 Å². The number of benzene rings is 2. The molecule has 0 saturated carbocycles. The number of urea groups is 1. The second-order valence-corrected chi connectivity index (χ2v) is 11.3. The highest BCUT2D eigenvalue weighted by Crippen LogP contribution is 2.28. The van der Waals surface area contributed by atoms with Crippen LogP contribution in [0.1, 0.15) is 33.7 Å². The van der Waals surface area contributed by atoms with E-state index in [1.807, 2.05) is 37.3 Å². The van der Waals surface area contributed by atoms with E-state index in [0.29, 0.717) is 55.4 Å². The van der Waals surface area contributed by atoms with Crippen molar-refractivity contribution in [3.63, 3.8) is 0 Å². The van der Waals surface area contributed by atoms with E-state index >= 15 is 0 Å². The Kier molecular flexibility index (Phi) is 10.6. The molecule has 1 aliphatic rings. The summed E-state index contributed by atoms with van der Waals surface area (Å²) in [5.41, 5.74) is 1.95. The minimum Gasteiger partial charge on any atom is -0.493 e. The molecule has 2 aromatic carbocycles. The SMILES string of the molecule is COc1ccc(CCN(Cc2ccc(C)s2)C(=O)CN(CC2CCCO2)C(=O)Nc2cccc(C#N)c2)cc1OC. The first kappa shape index (κ1) is 29.9. The number of aryl methyl sites for hydroxylation is 1. The molecular weight excluding hydrogens is 540 g/mol. The van der Waals surface area contributed by atoms with E-state index in [0.717, 1.165) is 23.3 Å². The summed E-state index contributed by atoms with van der Waals surface area (Å²) in [7, 11) is 3.19. The number of anilines is 1. The monoisotopic (exact) mass is 576 g/mol. The highest BCUT2D eigenvalue weighted by molar-refractivity contribution is 7.11. The topological polar surface area (TPSA) is 104 Å². The molecule has 0 aliphatic carbocycles. The van der Waals surface area contributed by atoms with Crippen LogP contribution >= 0.6 is 11.3 Å². The normalized spacial score (nSPS) is 14.2. The number of nitriles is 1. The fraction of sp³-hybridized carbons (Fsp3) is 0.387. The Hall–Kier alpha value is -4.07. The zero-order valence-corrected chi connectivity index (χ0v) is 24.5. The largest absolute Gasteiger partial charge is 0.493 e. The average molecular weight is 577 g/mol. The van der Waals surface area contributed by atoms with Crippen molar-refractivity contribution >= 4 is 29.0 Å². The number of amides is 3. The maximum atomic E-state index is 13.8. The molecule has 0 bridgehead atoms. The number of methoxy groups -OCH3 is 2. The molecule has 1 aliphatic heterocycles. The summed E-state index contributed by atoms with van der Waals surface area (Å²) < 4.78 is 16.6. The highest BCUT2D eigenvalue weighted by atomic mass is 32.1. The van der Waals surface area contributed by atoms with Crippen LogP contribution in [0.2, 0.25) is 0 Å². The second-order valence-electron chi connectivity index (χ2n) is 9.91. The van der Waals surface area contributed by atoms with Crippen molar-refractivity contribution in [3.8, 4) is 17.6 Å². The van der Waals surface area contributed by atoms with Crippen molar-refractivity contribution in [1.82, 2.24) is 9.80 Å². The second kappa shape index (κ2) is 14.5. The van der Waals surface area contributed by atoms with Gasteiger partial charge in [0.15, 0.2) is 11.5 Å². The number of carbonyl (C=O) groups excluding carboxylic acids is 2. The van der Waals surface area contributed by atoms with Crippen molar-refractivity contribution in [3.05, 3.63) is 75.5 Å². The van der Waals surface area contributed by atoms with Crippen LogP contribution in [0.15, 0.2) is 54.6 Å². The molecule has 0 radical (unpaired) electrons. The molecule has 2 heterocycles. The van der Waals surface area contributed by atoms with E-state index in [9.17, 15) is 14.9 Å². The summed E-state index contributed by atoms with van der Waals surface area (Å²) in [4.78, 5) is 32.8. The smallest absolute Gasteiger partial charge is 0.322 e. The van der Waals surface area contributed by atoms with Crippen molar-refractivity contribution < 1.29 is 23.8 Å². The molecule has 1 saturated heterocycles. The van der Waals surface area contributed by atoms with Gasteiger partial charge in [-0.1, -0.05) is 12.1 Å². The van der Waals surface area contributed by atoms with Crippen molar-refractivity contribution in [2.45, 2.75) is 38.8 Å². The molecule has 1 aromatic heterocycles. The predicted octanol–water partition coefficient (Wildman–Crippen LogP) is 5.23. The van der Waals surface area contributed by atoms with E-state index in [1.54, 1.807) is 54.7 Å². The van der Waals surface area contributed by atoms with Gasteiger partial charge in [0, 0.05) is 35.1 Å². The van der Waals surface area contributed by atoms with E-state index in [2.05, 4.69) is 11.4 Å². The Bertz CT molecular complexity index is 1380. The van der Waals surface area contributed by atoms with Crippen LogP contribution in [0.5, 0.6) is 11.5 Å². The number of hydrogen-bond acceptors (Lipinski definition) is 7. The molecule has 3 amide bonds. The standard InChI is InChI=1S/C31H36N4O5S/c1-22-9-11-27(41-22)20-34(14-13-23-10-12-28(38-2)29(17-23)39-3)30(36)21-35(19-26-8-5-15-40-26)31(37)33-25-7-4-6-24(16-25)18-32/h4,6-7,9-12,16-17,26H,5,8,13-15,19-21H2,1-3H3,(H,33,37). The molecule has 1 unspecified atom stereocenters. The number of nitrogens with one attached hydrogen (secondary N) is 1. The van der Waals surface area contributed by atoms with Gasteiger partial charge in [0.25, 0.3) is 0 Å². The average Bonchev–Trinajstić information content (AvgIpc) is 3.66. The third-order valence-corrected chi connectivity index (χ3v) is 7.90. The van der Waals surface area contributed by atoms with Crippen molar-refractivity contribution in [2.75, 3.05) is 45.8 Å². The lowest BCUT2D eigenvalue weighted by molar-refractivity contribution is -0.132. The zero-order chi connectivity index (χ0) is 29.2. The van der Waals surface area contributed by atoms with E-state index in [-0.39, 0.29) is 18.6 Å². The zero-order valence-electron chi connectivity index (χ0n) is 23.7. The molecule has 1 atom stereocenters. The fourth-order valence-electron chi connectivity index (χ4n) is 4.74. The molecule has 1 fully saturated rings. The highest BCUT2D eigenvalue weighted by Gasteiger charge is 2.27. The minimum absolute atomic E-state index is 0.0973. The summed E-state index contributed by atoms with van der Waals surface area (Å²) in [6, 6.07) is 18.2. The summed E-state index contributed by atoms with van der Waals surface area (Å²) in [6.45, 7) is 3.80. The first-order chi connectivity index (χ1) is 19.9. The Labute approximate surface area is 245 Å². The molecular formula is C31H36N4O5S. The Morgan fingerprint density at radius 3 is 2.61 bits per heavy atom. The van der Waals surface area contributed by atoms with E-state index in [1.165, 1.54) is 9.78 Å². The number of hydrogen-bond donors (Lipinski definition) is 1. The fourth-order valence-corrected chi connectivity index (χ4v) is 5.64. The van der Waals surface area contributed by atoms with Crippen LogP contribution in [0.25, 0.3) is 0 Å². The molecule has 0 spiro atoms. The van der Waals surface area contributed by atoms with Crippen LogP contribution < -0.4 is 14.8 Å². The van der Waals surface area contributed by atoms with Gasteiger partial charge < -0.3 is 29.3 Å². The lowest BCUT2D eigenvalue weighted by Crippen LogP contribution is -2.47. The minimum atomic E-state index is -0.407. The summed E-state index contributed by atoms with van der Waals surface area (Å²) in [5.74, 6) is 1.13. The van der Waals surface area contributed by atoms with Crippen molar-refractivity contribution in [1.29, 1.82) is 5.26 Å². The maximum Gasteiger partial charge on any atom is 0.322 e. The molecule has 4 rings (SSSR count). The van der Waals surface area contributed by atoms with Gasteiger partial charge in [-0.25, -0.2) is 4.79 Å². The predicted molar refractivity (Wildman–Crippen MR) is 158 cm³/mol. The summed E-state index contributed by atoms with van der Waals surface area (Å²) >= 11 is 1.65. The van der Waals surface area contributed by atoms with Gasteiger partial charge in [-0.05, 0) is 74.2 Å². The van der Waals surface area contributed by atoms with Crippen LogP contribution in [-0.4, -0.2) is 68.3 Å². The third kappa shape index (κ3) is 8.46. The van der Waals surface area contributed by atoms with Gasteiger partial charge in [-0.15, -0.1) is 11.3 Å². The maximum absolute atomic E-state index is 13.8. The van der Waals surface area contributed by atoms with Gasteiger partial charge in [-0.3, -0.25) is 4.79 Å². The summed E-state index contributed by atoms with van der Waals surface area (Å²) in [5, 5.41) is 12.1. The summed E-state index contributed by atoms with van der Waals surface area (Å²) in [6.07, 6.45) is 2.24. The molecule has 1 N–H and O–H groups in total. The number of ether oxygens (including phenoxy) is 3. The third-order valence-electron chi connectivity index (χ3n) is 6.92. The van der Waals surface area contributed by atoms with Crippen molar-refractivity contribution in [2.24, 2.45) is 0 Å². The van der Waals surface area contributed by atoms with Gasteiger partial charge in [0.2, 0.25) is 5.91 Å². The number of carbonyl (C=O) groups is 2. The molecule has 216 valence electrons. The first-order valence-corrected chi connectivity index (χ1v) is 14.4. The Morgan fingerprint density at radius 2 is 1.93 bits per heavy atom. The first-order valence-electron chi connectivity index (χ1n) is 13.6. The van der Waals surface area contributed by atoms with Crippen LogP contribution in [0.3, 0.4) is 0 Å². The van der Waals surface area contributed by atoms with Gasteiger partial charge in [-0.2, -0.15) is 5.26 Å². The molecule has 9 nitrogen and oxygen atoms in total. The van der Waals surface area contributed by atoms with Gasteiger partial charge in [0.05, 0.1) is 38.5 Å². The quantitative estimate of drug-likeness (QED) is 0.317. The van der Waals surface area contributed by atoms with Crippen LogP contribution in [0.4, 0.5) is 10.5 Å². The van der Waals surface area contributed by atoms with E-state index in [4.69, 9.17) is 14.2 Å². The number of rotatable bonds is 12. The van der Waals surface area contributed by atoms with E-state index < -0.39 is 6.03 Å². The molecule has 41 heavy (non-hydrogen) atoms. The lowest BCUT2D eigenvalue weighted by atomic mass is 10.1. The molecule has 10 heteroatoms. The van der Waals surface area contributed by atoms with Crippen LogP contribution in [-0.2, 0) is 22.5 Å². The lowest BCUT2D eigenvalue weighted by Gasteiger charge is -2.29. The Balaban J connectivity index is 1.51. The Morgan fingerprint density at radius 1 is 1.10 bits per heavy atom. The number of nitrogens with zero attached hydrogens (tertiary/aromatic N) is 3. The van der Waals surface area contributed by atoms with Gasteiger partial charge in [0.1, 0.15) is 6.54 Å². The number of thiophene rings is 1. The van der Waals surface area contributed by atoms with Gasteiger partial charge >= 0.3 is 6.03 Å².